The Hall–Kier alpha value is -3.30. The third-order valence-corrected chi connectivity index (χ3v) is 5.97. The minimum Gasteiger partial charge on any atom is -0.497 e. The molecule has 0 saturated carbocycles. The molecule has 1 fully saturated rings. The number of alkyl carbamates (subject to hydrolysis) is 1. The molecule has 0 radical (unpaired) electrons. The Morgan fingerprint density at radius 2 is 2.09 bits per heavy atom. The number of ether oxygens (including phenoxy) is 2. The summed E-state index contributed by atoms with van der Waals surface area (Å²) in [6, 6.07) is 13.1. The SMILES string of the molecule is COc1cc(F)c2nccc([C@@H](O)CN3CC[C@@H](NC(=O)OCc4ccccc4)[C@@H](F)C3)c2c1. The first-order valence-corrected chi connectivity index (χ1v) is 11.1. The maximum absolute atomic E-state index is 14.8. The number of fused-ring (bicyclic) bond motifs is 1. The molecule has 2 N–H and O–H groups in total. The molecule has 1 aliphatic rings. The Morgan fingerprint density at radius 1 is 1.29 bits per heavy atom. The van der Waals surface area contributed by atoms with Crippen molar-refractivity contribution in [2.24, 2.45) is 0 Å². The van der Waals surface area contributed by atoms with Crippen LogP contribution in [0.5, 0.6) is 5.75 Å². The minimum atomic E-state index is -1.32. The summed E-state index contributed by atoms with van der Waals surface area (Å²) >= 11 is 0. The van der Waals surface area contributed by atoms with Crippen molar-refractivity contribution >= 4 is 17.0 Å². The summed E-state index contributed by atoms with van der Waals surface area (Å²) < 4.78 is 39.5. The summed E-state index contributed by atoms with van der Waals surface area (Å²) in [5, 5.41) is 13.9. The molecule has 1 saturated heterocycles. The Labute approximate surface area is 196 Å². The first-order chi connectivity index (χ1) is 16.4. The predicted molar refractivity (Wildman–Crippen MR) is 123 cm³/mol. The topological polar surface area (TPSA) is 83.9 Å². The molecule has 1 aliphatic heterocycles. The van der Waals surface area contributed by atoms with Gasteiger partial charge in [-0.15, -0.1) is 0 Å². The third kappa shape index (κ3) is 5.60. The molecule has 3 atom stereocenters. The van der Waals surface area contributed by atoms with E-state index in [1.165, 1.54) is 19.4 Å². The fraction of sp³-hybridized carbons (Fsp3) is 0.360. The number of halogens is 2. The lowest BCUT2D eigenvalue weighted by Gasteiger charge is -2.35. The van der Waals surface area contributed by atoms with E-state index in [0.717, 1.165) is 5.56 Å². The van der Waals surface area contributed by atoms with Crippen LogP contribution in [-0.4, -0.2) is 60.0 Å². The van der Waals surface area contributed by atoms with Gasteiger partial charge in [0.25, 0.3) is 0 Å². The number of benzene rings is 2. The molecule has 1 aromatic heterocycles. The van der Waals surface area contributed by atoms with Crippen LogP contribution in [-0.2, 0) is 11.3 Å². The van der Waals surface area contributed by atoms with Crippen LogP contribution in [0.2, 0.25) is 0 Å². The second kappa shape index (κ2) is 10.8. The quantitative estimate of drug-likeness (QED) is 0.546. The van der Waals surface area contributed by atoms with Crippen molar-refractivity contribution in [3.63, 3.8) is 0 Å². The lowest BCUT2D eigenvalue weighted by molar-refractivity contribution is 0.0539. The highest BCUT2D eigenvalue weighted by atomic mass is 19.1. The van der Waals surface area contributed by atoms with Gasteiger partial charge in [-0.2, -0.15) is 0 Å². The van der Waals surface area contributed by atoms with E-state index in [-0.39, 0.29) is 25.2 Å². The molecule has 1 amide bonds. The van der Waals surface area contributed by atoms with Gasteiger partial charge in [-0.3, -0.25) is 9.88 Å². The average Bonchev–Trinajstić information content (AvgIpc) is 2.84. The minimum absolute atomic E-state index is 0.0430. The van der Waals surface area contributed by atoms with E-state index in [4.69, 9.17) is 9.47 Å². The van der Waals surface area contributed by atoms with Crippen LogP contribution in [0.3, 0.4) is 0 Å². The molecule has 0 unspecified atom stereocenters. The fourth-order valence-corrected chi connectivity index (χ4v) is 4.17. The van der Waals surface area contributed by atoms with Crippen molar-refractivity contribution in [1.82, 2.24) is 15.2 Å². The zero-order valence-electron chi connectivity index (χ0n) is 18.8. The number of carbonyl (C=O) groups excluding carboxylic acids is 1. The van der Waals surface area contributed by atoms with E-state index in [2.05, 4.69) is 10.3 Å². The molecule has 7 nitrogen and oxygen atoms in total. The largest absolute Gasteiger partial charge is 0.497 e. The molecule has 4 rings (SSSR count). The molecule has 0 bridgehead atoms. The summed E-state index contributed by atoms with van der Waals surface area (Å²) in [6.07, 6.45) is -1.16. The summed E-state index contributed by atoms with van der Waals surface area (Å²) in [5.41, 5.74) is 1.47. The number of aliphatic hydroxyl groups excluding tert-OH is 1. The van der Waals surface area contributed by atoms with Crippen molar-refractivity contribution in [2.45, 2.75) is 31.3 Å². The monoisotopic (exact) mass is 471 g/mol. The zero-order chi connectivity index (χ0) is 24.1. The third-order valence-electron chi connectivity index (χ3n) is 5.97. The molecule has 2 aromatic carbocycles. The summed E-state index contributed by atoms with van der Waals surface area (Å²) in [7, 11) is 1.43. The van der Waals surface area contributed by atoms with Crippen molar-refractivity contribution in [1.29, 1.82) is 0 Å². The number of nitrogens with zero attached hydrogens (tertiary/aromatic N) is 2. The van der Waals surface area contributed by atoms with Gasteiger partial charge in [-0.25, -0.2) is 13.6 Å². The van der Waals surface area contributed by atoms with E-state index in [0.29, 0.717) is 29.7 Å². The second-order valence-electron chi connectivity index (χ2n) is 8.30. The van der Waals surface area contributed by atoms with Crippen molar-refractivity contribution in [3.05, 3.63) is 71.7 Å². The predicted octanol–water partition coefficient (Wildman–Crippen LogP) is 3.75. The number of carbonyl (C=O) groups is 1. The number of β-amino-alcohol motifs (C(OH)–C–C–N with tert-alkyl or cyclic N) is 1. The van der Waals surface area contributed by atoms with Gasteiger partial charge in [0.15, 0.2) is 5.82 Å². The summed E-state index contributed by atoms with van der Waals surface area (Å²) in [5.74, 6) is -0.223. The molecular formula is C25H27F2N3O4. The molecule has 180 valence electrons. The van der Waals surface area contributed by atoms with Crippen LogP contribution in [0, 0.1) is 5.82 Å². The highest BCUT2D eigenvalue weighted by molar-refractivity contribution is 5.84. The molecule has 0 aliphatic carbocycles. The van der Waals surface area contributed by atoms with Crippen molar-refractivity contribution < 1.29 is 28.2 Å². The molecule has 0 spiro atoms. The summed E-state index contributed by atoms with van der Waals surface area (Å²) in [4.78, 5) is 17.9. The number of hydrogen-bond donors (Lipinski definition) is 2. The van der Waals surface area contributed by atoms with E-state index in [1.54, 1.807) is 17.0 Å². The van der Waals surface area contributed by atoms with Crippen LogP contribution >= 0.6 is 0 Å². The van der Waals surface area contributed by atoms with E-state index >= 15 is 0 Å². The highest BCUT2D eigenvalue weighted by Gasteiger charge is 2.32. The normalized spacial score (nSPS) is 19.5. The van der Waals surface area contributed by atoms with Gasteiger partial charge in [-0.05, 0) is 29.7 Å². The maximum atomic E-state index is 14.8. The van der Waals surface area contributed by atoms with Gasteiger partial charge in [0.2, 0.25) is 0 Å². The fourth-order valence-electron chi connectivity index (χ4n) is 4.17. The molecule has 9 heteroatoms. The molecule has 34 heavy (non-hydrogen) atoms. The summed E-state index contributed by atoms with van der Waals surface area (Å²) in [6.45, 7) is 0.784. The zero-order valence-corrected chi connectivity index (χ0v) is 18.8. The van der Waals surface area contributed by atoms with Crippen LogP contribution in [0.15, 0.2) is 54.7 Å². The van der Waals surface area contributed by atoms with Crippen molar-refractivity contribution in [3.8, 4) is 5.75 Å². The average molecular weight is 472 g/mol. The molecular weight excluding hydrogens is 444 g/mol. The molecule has 2 heterocycles. The number of nitrogens with one attached hydrogen (secondary N) is 1. The second-order valence-corrected chi connectivity index (χ2v) is 8.30. The van der Waals surface area contributed by atoms with E-state index < -0.39 is 30.2 Å². The van der Waals surface area contributed by atoms with Crippen LogP contribution in [0.4, 0.5) is 13.6 Å². The standard InChI is InChI=1S/C25H27F2N3O4/c1-33-17-11-19-18(7-9-28-24(19)20(26)12-17)23(31)14-30-10-8-22(21(27)13-30)29-25(32)34-15-16-5-3-2-4-6-16/h2-7,9,11-12,21-23,31H,8,10,13-15H2,1H3,(H,29,32)/t21-,22+,23-/m0/s1. The lowest BCUT2D eigenvalue weighted by Crippen LogP contribution is -2.53. The van der Waals surface area contributed by atoms with Gasteiger partial charge >= 0.3 is 6.09 Å². The van der Waals surface area contributed by atoms with E-state index in [1.807, 2.05) is 30.3 Å². The number of methoxy groups -OCH3 is 1. The molecule has 3 aromatic rings. The number of amides is 1. The van der Waals surface area contributed by atoms with Crippen molar-refractivity contribution in [2.75, 3.05) is 26.7 Å². The Morgan fingerprint density at radius 3 is 2.82 bits per heavy atom. The van der Waals surface area contributed by atoms with Gasteiger partial charge < -0.3 is 19.9 Å². The van der Waals surface area contributed by atoms with Gasteiger partial charge in [0.1, 0.15) is 24.0 Å². The number of aromatic nitrogens is 1. The van der Waals surface area contributed by atoms with Crippen LogP contribution in [0.1, 0.15) is 23.7 Å². The number of piperidine rings is 1. The van der Waals surface area contributed by atoms with Gasteiger partial charge in [-0.1, -0.05) is 30.3 Å². The van der Waals surface area contributed by atoms with Crippen LogP contribution < -0.4 is 10.1 Å². The highest BCUT2D eigenvalue weighted by Crippen LogP contribution is 2.30. The number of pyridine rings is 1. The van der Waals surface area contributed by atoms with Gasteiger partial charge in [0.05, 0.1) is 19.3 Å². The van der Waals surface area contributed by atoms with Gasteiger partial charge in [0, 0.05) is 37.3 Å². The first kappa shape index (κ1) is 23.8. The Balaban J connectivity index is 1.33. The first-order valence-electron chi connectivity index (χ1n) is 11.1. The number of hydrogen-bond acceptors (Lipinski definition) is 6. The number of rotatable bonds is 7. The maximum Gasteiger partial charge on any atom is 0.407 e. The Kier molecular flexibility index (Phi) is 7.54. The van der Waals surface area contributed by atoms with Crippen LogP contribution in [0.25, 0.3) is 10.9 Å². The number of likely N-dealkylation sites (tertiary alicyclic amines) is 1. The number of aliphatic hydroxyl groups is 1. The number of alkyl halides is 1. The Bertz CT molecular complexity index is 1130. The van der Waals surface area contributed by atoms with E-state index in [9.17, 15) is 18.7 Å². The lowest BCUT2D eigenvalue weighted by atomic mass is 10.00. The smallest absolute Gasteiger partial charge is 0.407 e.